The molecule has 1 N–H and O–H groups in total. The Balaban J connectivity index is 1.48. The van der Waals surface area contributed by atoms with E-state index >= 15 is 0 Å². The van der Waals surface area contributed by atoms with E-state index in [4.69, 9.17) is 4.98 Å². The van der Waals surface area contributed by atoms with Crippen LogP contribution in [0, 0.1) is 5.92 Å². The molecule has 3 heteroatoms. The van der Waals surface area contributed by atoms with Crippen molar-refractivity contribution in [2.75, 3.05) is 6.54 Å². The van der Waals surface area contributed by atoms with Crippen molar-refractivity contribution < 1.29 is 0 Å². The van der Waals surface area contributed by atoms with Gasteiger partial charge in [0.15, 0.2) is 0 Å². The van der Waals surface area contributed by atoms with Gasteiger partial charge in [-0.1, -0.05) is 88.0 Å². The minimum atomic E-state index is 0.481. The fraction of sp³-hybridized carbons (Fsp3) is 0.276. The van der Waals surface area contributed by atoms with Crippen LogP contribution in [0.5, 0.6) is 0 Å². The third kappa shape index (κ3) is 5.11. The van der Waals surface area contributed by atoms with Crippen molar-refractivity contribution in [3.63, 3.8) is 0 Å². The minimum absolute atomic E-state index is 0.481. The zero-order valence-corrected chi connectivity index (χ0v) is 20.1. The molecule has 0 radical (unpaired) electrons. The Bertz CT molecular complexity index is 1140. The van der Waals surface area contributed by atoms with Crippen LogP contribution in [0.1, 0.15) is 49.8 Å². The van der Waals surface area contributed by atoms with Crippen LogP contribution in [-0.2, 0) is 6.42 Å². The Morgan fingerprint density at radius 1 is 0.969 bits per heavy atom. The molecule has 0 aliphatic heterocycles. The molecule has 4 rings (SSSR count). The quantitative estimate of drug-likeness (QED) is 0.286. The molecule has 0 aliphatic carbocycles. The topological polar surface area (TPSA) is 24.9 Å². The zero-order chi connectivity index (χ0) is 22.5. The van der Waals surface area contributed by atoms with Crippen LogP contribution in [0.15, 0.2) is 79.4 Å². The molecule has 3 aromatic carbocycles. The molecule has 0 amide bonds. The second-order valence-corrected chi connectivity index (χ2v) is 9.80. The molecule has 0 bridgehead atoms. The van der Waals surface area contributed by atoms with Gasteiger partial charge in [0.2, 0.25) is 0 Å². The van der Waals surface area contributed by atoms with Gasteiger partial charge in [-0.2, -0.15) is 0 Å². The highest BCUT2D eigenvalue weighted by Crippen LogP contribution is 2.32. The van der Waals surface area contributed by atoms with E-state index < -0.39 is 0 Å². The molecule has 1 unspecified atom stereocenters. The number of nitrogens with zero attached hydrogens (tertiary/aromatic N) is 1. The smallest absolute Gasteiger partial charge is 0.124 e. The summed E-state index contributed by atoms with van der Waals surface area (Å²) >= 11 is 1.76. The number of aromatic nitrogens is 1. The van der Waals surface area contributed by atoms with Crippen molar-refractivity contribution in [2.45, 2.75) is 39.5 Å². The van der Waals surface area contributed by atoms with Crippen molar-refractivity contribution >= 4 is 27.3 Å². The number of thiazole rings is 1. The molecular weight excluding hydrogens is 408 g/mol. The molecule has 0 saturated heterocycles. The maximum absolute atomic E-state index is 4.80. The van der Waals surface area contributed by atoms with E-state index in [1.807, 2.05) is 6.07 Å². The fourth-order valence-corrected chi connectivity index (χ4v) is 5.05. The second kappa shape index (κ2) is 10.1. The molecule has 32 heavy (non-hydrogen) atoms. The number of fused-ring (bicyclic) bond motifs is 1. The Labute approximate surface area is 196 Å². The van der Waals surface area contributed by atoms with Crippen molar-refractivity contribution in [3.8, 4) is 10.6 Å². The van der Waals surface area contributed by atoms with Gasteiger partial charge in [-0.15, -0.1) is 11.3 Å². The van der Waals surface area contributed by atoms with Crippen LogP contribution in [0.25, 0.3) is 26.5 Å². The van der Waals surface area contributed by atoms with Gasteiger partial charge in [-0.05, 0) is 53.5 Å². The van der Waals surface area contributed by atoms with Gasteiger partial charge >= 0.3 is 0 Å². The van der Waals surface area contributed by atoms with Crippen molar-refractivity contribution in [1.82, 2.24) is 10.3 Å². The molecule has 0 saturated carbocycles. The predicted octanol–water partition coefficient (Wildman–Crippen LogP) is 7.92. The number of benzene rings is 3. The van der Waals surface area contributed by atoms with Crippen molar-refractivity contribution in [1.29, 1.82) is 0 Å². The lowest BCUT2D eigenvalue weighted by Crippen LogP contribution is -2.13. The van der Waals surface area contributed by atoms with Gasteiger partial charge in [-0.3, -0.25) is 0 Å². The Morgan fingerprint density at radius 2 is 1.69 bits per heavy atom. The number of nitrogens with one attached hydrogen (secondary N) is 1. The molecule has 1 aromatic heterocycles. The summed E-state index contributed by atoms with van der Waals surface area (Å²) in [6.07, 6.45) is 2.14. The van der Waals surface area contributed by atoms with Gasteiger partial charge in [0.1, 0.15) is 5.01 Å². The average Bonchev–Trinajstić information content (AvgIpc) is 3.25. The van der Waals surface area contributed by atoms with Gasteiger partial charge in [0.05, 0.1) is 10.2 Å². The standard InChI is InChI=1S/C29H32N2S/c1-5-18-30-21(4)23-14-16-24(17-15-23)26(20(2)3)19-22-10-12-25(13-11-22)29-31-27-8-6-7-9-28(27)32-29/h6-17,20,26,30H,4-5,18-19H2,1-3H3. The molecule has 1 atom stereocenters. The molecule has 1 heterocycles. The van der Waals surface area contributed by atoms with E-state index in [-0.39, 0.29) is 0 Å². The van der Waals surface area contributed by atoms with E-state index in [0.29, 0.717) is 11.8 Å². The number of hydrogen-bond acceptors (Lipinski definition) is 3. The Morgan fingerprint density at radius 3 is 2.34 bits per heavy atom. The first-order chi connectivity index (χ1) is 15.5. The maximum atomic E-state index is 4.80. The summed E-state index contributed by atoms with van der Waals surface area (Å²) in [5, 5.41) is 4.48. The highest BCUT2D eigenvalue weighted by atomic mass is 32.1. The number of para-hydroxylation sites is 1. The van der Waals surface area contributed by atoms with Crippen molar-refractivity contribution in [2.24, 2.45) is 5.92 Å². The summed E-state index contributed by atoms with van der Waals surface area (Å²) in [7, 11) is 0. The lowest BCUT2D eigenvalue weighted by molar-refractivity contribution is 0.495. The SMILES string of the molecule is C=C(NCCC)c1ccc(C(Cc2ccc(-c3nc4ccccc4s3)cc2)C(C)C)cc1. The van der Waals surface area contributed by atoms with Crippen molar-refractivity contribution in [3.05, 3.63) is 96.1 Å². The second-order valence-electron chi connectivity index (χ2n) is 8.77. The van der Waals surface area contributed by atoms with Crippen LogP contribution < -0.4 is 5.32 Å². The van der Waals surface area contributed by atoms with Gasteiger partial charge < -0.3 is 5.32 Å². The fourth-order valence-electron chi connectivity index (χ4n) is 4.08. The molecular formula is C29H32N2S. The summed E-state index contributed by atoms with van der Waals surface area (Å²) in [6.45, 7) is 11.9. The third-order valence-corrected chi connectivity index (χ3v) is 7.12. The molecule has 164 valence electrons. The summed E-state index contributed by atoms with van der Waals surface area (Å²) < 4.78 is 1.24. The summed E-state index contributed by atoms with van der Waals surface area (Å²) in [5.74, 6) is 1.04. The minimum Gasteiger partial charge on any atom is -0.385 e. The van der Waals surface area contributed by atoms with E-state index in [0.717, 1.165) is 35.6 Å². The summed E-state index contributed by atoms with van der Waals surface area (Å²) in [4.78, 5) is 4.80. The summed E-state index contributed by atoms with van der Waals surface area (Å²) in [5.41, 5.74) is 7.20. The number of hydrogen-bond donors (Lipinski definition) is 1. The molecule has 2 nitrogen and oxygen atoms in total. The normalized spacial score (nSPS) is 12.2. The number of rotatable bonds is 9. The van der Waals surface area contributed by atoms with Crippen LogP contribution >= 0.6 is 11.3 Å². The van der Waals surface area contributed by atoms with E-state index in [2.05, 4.69) is 99.4 Å². The zero-order valence-electron chi connectivity index (χ0n) is 19.3. The maximum Gasteiger partial charge on any atom is 0.124 e. The van der Waals surface area contributed by atoms with Gasteiger partial charge in [-0.25, -0.2) is 4.98 Å². The Hall–Kier alpha value is -2.91. The molecule has 0 aliphatic rings. The highest BCUT2D eigenvalue weighted by molar-refractivity contribution is 7.21. The van der Waals surface area contributed by atoms with Crippen LogP contribution in [0.3, 0.4) is 0 Å². The first-order valence-corrected chi connectivity index (χ1v) is 12.3. The lowest BCUT2D eigenvalue weighted by atomic mass is 9.83. The first kappa shape index (κ1) is 22.3. The van der Waals surface area contributed by atoms with E-state index in [1.54, 1.807) is 11.3 Å². The lowest BCUT2D eigenvalue weighted by Gasteiger charge is -2.22. The average molecular weight is 441 g/mol. The highest BCUT2D eigenvalue weighted by Gasteiger charge is 2.17. The molecule has 0 spiro atoms. The van der Waals surface area contributed by atoms with Gasteiger partial charge in [0, 0.05) is 17.8 Å². The predicted molar refractivity (Wildman–Crippen MR) is 140 cm³/mol. The summed E-state index contributed by atoms with van der Waals surface area (Å²) in [6, 6.07) is 26.3. The Kier molecular flexibility index (Phi) is 7.06. The van der Waals surface area contributed by atoms with Gasteiger partial charge in [0.25, 0.3) is 0 Å². The van der Waals surface area contributed by atoms with Crippen LogP contribution in [-0.4, -0.2) is 11.5 Å². The largest absolute Gasteiger partial charge is 0.385 e. The van der Waals surface area contributed by atoms with E-state index in [9.17, 15) is 0 Å². The first-order valence-electron chi connectivity index (χ1n) is 11.5. The molecule has 0 fully saturated rings. The third-order valence-electron chi connectivity index (χ3n) is 6.03. The van der Waals surface area contributed by atoms with Crippen LogP contribution in [0.2, 0.25) is 0 Å². The van der Waals surface area contributed by atoms with E-state index in [1.165, 1.54) is 27.0 Å². The van der Waals surface area contributed by atoms with Crippen LogP contribution in [0.4, 0.5) is 0 Å². The monoisotopic (exact) mass is 440 g/mol. The molecule has 4 aromatic rings.